The summed E-state index contributed by atoms with van der Waals surface area (Å²) in [4.78, 5) is 23.9. The van der Waals surface area contributed by atoms with Gasteiger partial charge in [-0.15, -0.1) is 6.42 Å². The van der Waals surface area contributed by atoms with Crippen LogP contribution in [0.3, 0.4) is 0 Å². The summed E-state index contributed by atoms with van der Waals surface area (Å²) in [6, 6.07) is 6.90. The van der Waals surface area contributed by atoms with Gasteiger partial charge in [-0.3, -0.25) is 9.59 Å². The van der Waals surface area contributed by atoms with Crippen molar-refractivity contribution in [1.82, 2.24) is 5.32 Å². The van der Waals surface area contributed by atoms with Crippen molar-refractivity contribution in [3.8, 4) is 12.3 Å². The number of hydrogen-bond donors (Lipinski definition) is 3. The van der Waals surface area contributed by atoms with Crippen LogP contribution in [-0.4, -0.2) is 39.5 Å². The highest BCUT2D eigenvalue weighted by atomic mass is 16.4. The monoisotopic (exact) mass is 342 g/mol. The number of aliphatic carboxylic acids is 1. The quantitative estimate of drug-likeness (QED) is 0.564. The van der Waals surface area contributed by atoms with Gasteiger partial charge in [0.2, 0.25) is 6.04 Å². The first-order valence-electron chi connectivity index (χ1n) is 8.18. The maximum atomic E-state index is 13.0. The molecule has 0 spiro atoms. The van der Waals surface area contributed by atoms with Crippen molar-refractivity contribution in [2.45, 2.75) is 45.2 Å². The Morgan fingerprint density at radius 2 is 2.04 bits per heavy atom. The van der Waals surface area contributed by atoms with E-state index in [9.17, 15) is 9.59 Å². The van der Waals surface area contributed by atoms with Gasteiger partial charge < -0.3 is 10.4 Å². The van der Waals surface area contributed by atoms with Crippen LogP contribution in [0, 0.1) is 12.3 Å². The van der Waals surface area contributed by atoms with Crippen LogP contribution in [-0.2, 0) is 9.59 Å². The molecule has 25 heavy (non-hydrogen) atoms. The molecule has 2 rings (SSSR count). The van der Waals surface area contributed by atoms with E-state index < -0.39 is 12.0 Å². The number of nitrogens with one attached hydrogen (secondary N) is 2. The number of benzene rings is 1. The molecule has 3 N–H and O–H groups in total. The second-order valence-electron chi connectivity index (χ2n) is 7.03. The number of anilines is 1. The lowest BCUT2D eigenvalue weighted by atomic mass is 9.98. The third kappa shape index (κ3) is 4.60. The van der Waals surface area contributed by atoms with Crippen LogP contribution in [0.5, 0.6) is 0 Å². The lowest BCUT2D eigenvalue weighted by molar-refractivity contribution is -0.549. The molecule has 1 aliphatic heterocycles. The van der Waals surface area contributed by atoms with Crippen molar-refractivity contribution < 1.29 is 19.3 Å². The number of hydrogen-bond acceptors (Lipinski definition) is 3. The minimum atomic E-state index is -0.899. The molecule has 0 unspecified atom stereocenters. The molecule has 0 fully saturated rings. The summed E-state index contributed by atoms with van der Waals surface area (Å²) in [5.74, 6) is 2.16. The Kier molecular flexibility index (Phi) is 5.48. The van der Waals surface area contributed by atoms with Crippen molar-refractivity contribution in [3.63, 3.8) is 0 Å². The van der Waals surface area contributed by atoms with Crippen molar-refractivity contribution in [2.75, 3.05) is 11.9 Å². The minimum absolute atomic E-state index is 0.0425. The van der Waals surface area contributed by atoms with Gasteiger partial charge in [-0.1, -0.05) is 18.1 Å². The fourth-order valence-corrected chi connectivity index (χ4v) is 2.84. The van der Waals surface area contributed by atoms with Gasteiger partial charge in [-0.25, -0.2) is 9.89 Å². The van der Waals surface area contributed by atoms with Gasteiger partial charge in [0.05, 0.1) is 18.4 Å². The average molecular weight is 342 g/mol. The van der Waals surface area contributed by atoms with Gasteiger partial charge in [0.15, 0.2) is 0 Å². The second kappa shape index (κ2) is 7.39. The zero-order valence-corrected chi connectivity index (χ0v) is 14.8. The molecule has 0 saturated heterocycles. The van der Waals surface area contributed by atoms with Crippen LogP contribution in [0.25, 0.3) is 0 Å². The SMILES string of the molecule is C#CC[N+]1=C(CCC(=O)O)Nc2ccccc2[C@@H]1C(=O)NC(C)(C)C. The fraction of sp³-hybridized carbons (Fsp3) is 0.421. The molecular formula is C19H24N3O3+. The molecule has 0 aromatic heterocycles. The molecule has 1 aromatic rings. The van der Waals surface area contributed by atoms with E-state index in [2.05, 4.69) is 16.6 Å². The maximum Gasteiger partial charge on any atom is 0.303 e. The first kappa shape index (κ1) is 18.5. The molecule has 1 amide bonds. The topological polar surface area (TPSA) is 81.4 Å². The van der Waals surface area contributed by atoms with Crippen molar-refractivity contribution in [2.24, 2.45) is 0 Å². The van der Waals surface area contributed by atoms with Gasteiger partial charge in [-0.05, 0) is 32.9 Å². The molecular weight excluding hydrogens is 318 g/mol. The number of carbonyl (C=O) groups is 2. The van der Waals surface area contributed by atoms with E-state index >= 15 is 0 Å². The number of rotatable bonds is 5. The molecule has 1 aromatic carbocycles. The van der Waals surface area contributed by atoms with Crippen LogP contribution >= 0.6 is 0 Å². The van der Waals surface area contributed by atoms with Crippen LogP contribution in [0.15, 0.2) is 24.3 Å². The van der Waals surface area contributed by atoms with E-state index in [1.54, 1.807) is 4.58 Å². The predicted octanol–water partition coefficient (Wildman–Crippen LogP) is 1.98. The Morgan fingerprint density at radius 3 is 2.64 bits per heavy atom. The number of nitrogens with zero attached hydrogens (tertiary/aromatic N) is 1. The van der Waals surface area contributed by atoms with Crippen LogP contribution < -0.4 is 10.6 Å². The van der Waals surface area contributed by atoms with E-state index in [4.69, 9.17) is 11.5 Å². The molecule has 1 atom stereocenters. The fourth-order valence-electron chi connectivity index (χ4n) is 2.84. The highest BCUT2D eigenvalue weighted by Crippen LogP contribution is 2.30. The van der Waals surface area contributed by atoms with Crippen molar-refractivity contribution in [3.05, 3.63) is 29.8 Å². The third-order valence-corrected chi connectivity index (χ3v) is 3.78. The number of terminal acetylenes is 1. The van der Waals surface area contributed by atoms with E-state index in [0.717, 1.165) is 11.3 Å². The Labute approximate surface area is 147 Å². The summed E-state index contributed by atoms with van der Waals surface area (Å²) in [5, 5.41) is 15.2. The Bertz CT molecular complexity index is 754. The van der Waals surface area contributed by atoms with Gasteiger partial charge in [-0.2, -0.15) is 0 Å². The average Bonchev–Trinajstić information content (AvgIpc) is 2.51. The number of para-hydroxylation sites is 1. The summed E-state index contributed by atoms with van der Waals surface area (Å²) < 4.78 is 1.77. The Hall–Kier alpha value is -2.81. The molecule has 0 aliphatic carbocycles. The van der Waals surface area contributed by atoms with Crippen LogP contribution in [0.4, 0.5) is 5.69 Å². The number of carboxylic acids is 1. The predicted molar refractivity (Wildman–Crippen MR) is 96.5 cm³/mol. The minimum Gasteiger partial charge on any atom is -0.481 e. The smallest absolute Gasteiger partial charge is 0.303 e. The summed E-state index contributed by atoms with van der Waals surface area (Å²) in [5.41, 5.74) is 1.23. The zero-order valence-electron chi connectivity index (χ0n) is 14.8. The van der Waals surface area contributed by atoms with Crippen molar-refractivity contribution in [1.29, 1.82) is 0 Å². The standard InChI is InChI=1S/C19H23N3O3/c1-5-12-22-15(10-11-16(23)24)20-14-9-7-6-8-13(14)17(22)18(25)21-19(2,3)4/h1,6-9,17H,10-12H2,2-4H3,(H2,21,23,24,25)/p+1/t17-/m1/s1. The molecule has 1 aliphatic rings. The maximum absolute atomic E-state index is 13.0. The number of amides is 1. The highest BCUT2D eigenvalue weighted by Gasteiger charge is 2.38. The number of amidine groups is 1. The van der Waals surface area contributed by atoms with Crippen LogP contribution in [0.1, 0.15) is 45.2 Å². The first-order chi connectivity index (χ1) is 11.7. The first-order valence-corrected chi connectivity index (χ1v) is 8.18. The van der Waals surface area contributed by atoms with Gasteiger partial charge in [0, 0.05) is 5.54 Å². The third-order valence-electron chi connectivity index (χ3n) is 3.78. The molecule has 0 radical (unpaired) electrons. The van der Waals surface area contributed by atoms with E-state index in [1.165, 1.54) is 0 Å². The lowest BCUT2D eigenvalue weighted by Gasteiger charge is -2.29. The van der Waals surface area contributed by atoms with E-state index in [-0.39, 0.29) is 30.8 Å². The van der Waals surface area contributed by atoms with E-state index in [1.807, 2.05) is 45.0 Å². The number of fused-ring (bicyclic) bond motifs is 1. The molecule has 132 valence electrons. The Morgan fingerprint density at radius 1 is 1.36 bits per heavy atom. The summed E-state index contributed by atoms with van der Waals surface area (Å²) in [6.45, 7) is 5.95. The van der Waals surface area contributed by atoms with Crippen LogP contribution in [0.2, 0.25) is 0 Å². The zero-order chi connectivity index (χ0) is 18.6. The largest absolute Gasteiger partial charge is 0.481 e. The number of carboxylic acid groups (broad SMARTS) is 1. The van der Waals surface area contributed by atoms with Gasteiger partial charge in [0.1, 0.15) is 12.2 Å². The number of carbonyl (C=O) groups excluding carboxylic acids is 1. The summed E-state index contributed by atoms with van der Waals surface area (Å²) in [6.07, 6.45) is 5.73. The lowest BCUT2D eigenvalue weighted by Crippen LogP contribution is -2.49. The normalized spacial score (nSPS) is 16.5. The van der Waals surface area contributed by atoms with Crippen molar-refractivity contribution >= 4 is 23.4 Å². The Balaban J connectivity index is 2.50. The molecule has 0 saturated carbocycles. The summed E-state index contributed by atoms with van der Waals surface area (Å²) >= 11 is 0. The van der Waals surface area contributed by atoms with E-state index in [0.29, 0.717) is 5.84 Å². The molecule has 6 heteroatoms. The van der Waals surface area contributed by atoms with Gasteiger partial charge >= 0.3 is 5.97 Å². The summed E-state index contributed by atoms with van der Waals surface area (Å²) in [7, 11) is 0. The highest BCUT2D eigenvalue weighted by molar-refractivity contribution is 5.98. The molecule has 0 bridgehead atoms. The molecule has 6 nitrogen and oxygen atoms in total. The second-order valence-corrected chi connectivity index (χ2v) is 7.03. The molecule has 1 heterocycles. The van der Waals surface area contributed by atoms with Gasteiger partial charge in [0.25, 0.3) is 11.7 Å².